The maximum absolute atomic E-state index is 2.66. The largest absolute Gasteiger partial charge is 0.369 e. The Hall–Kier alpha value is -1.02. The molecule has 1 unspecified atom stereocenters. The molecule has 2 fully saturated rings. The Morgan fingerprint density at radius 3 is 2.76 bits per heavy atom. The van der Waals surface area contributed by atoms with Gasteiger partial charge in [0.05, 0.1) is 0 Å². The predicted octanol–water partition coefficient (Wildman–Crippen LogP) is 2.59. The first-order valence-electron chi connectivity index (χ1n) is 6.80. The van der Waals surface area contributed by atoms with Crippen LogP contribution in [-0.2, 0) is 0 Å². The maximum atomic E-state index is 2.66. The molecule has 0 amide bonds. The van der Waals surface area contributed by atoms with Crippen LogP contribution in [0.1, 0.15) is 24.0 Å². The summed E-state index contributed by atoms with van der Waals surface area (Å²) in [5.41, 5.74) is 4.23. The van der Waals surface area contributed by atoms with Crippen LogP contribution < -0.4 is 4.90 Å². The van der Waals surface area contributed by atoms with Crippen molar-refractivity contribution in [3.63, 3.8) is 0 Å². The molecule has 2 aliphatic rings. The maximum Gasteiger partial charge on any atom is 0.0370 e. The Morgan fingerprint density at radius 2 is 1.94 bits per heavy atom. The summed E-state index contributed by atoms with van der Waals surface area (Å²) in [6, 6.07) is 7.70. The van der Waals surface area contributed by atoms with Crippen LogP contribution in [0.4, 0.5) is 5.69 Å². The smallest absolute Gasteiger partial charge is 0.0370 e. The van der Waals surface area contributed by atoms with E-state index in [2.05, 4.69) is 41.8 Å². The van der Waals surface area contributed by atoms with Crippen LogP contribution >= 0.6 is 0 Å². The number of piperazine rings is 1. The first-order valence-corrected chi connectivity index (χ1v) is 6.80. The highest BCUT2D eigenvalue weighted by atomic mass is 15.3. The lowest BCUT2D eigenvalue weighted by molar-refractivity contribution is 0.231. The van der Waals surface area contributed by atoms with E-state index >= 15 is 0 Å². The minimum Gasteiger partial charge on any atom is -0.369 e. The SMILES string of the molecule is Cc1ccc(N2CCN3CCCC3C2)cc1C. The minimum atomic E-state index is 0.811. The van der Waals surface area contributed by atoms with Gasteiger partial charge in [0.1, 0.15) is 0 Å². The summed E-state index contributed by atoms with van der Waals surface area (Å²) < 4.78 is 0. The molecule has 0 aromatic heterocycles. The van der Waals surface area contributed by atoms with Crippen molar-refractivity contribution in [3.05, 3.63) is 29.3 Å². The van der Waals surface area contributed by atoms with Crippen molar-refractivity contribution in [2.24, 2.45) is 0 Å². The highest BCUT2D eigenvalue weighted by molar-refractivity contribution is 5.51. The molecule has 2 saturated heterocycles. The molecule has 0 radical (unpaired) electrons. The van der Waals surface area contributed by atoms with E-state index in [0.717, 1.165) is 6.04 Å². The standard InChI is InChI=1S/C15H22N2/c1-12-5-6-14(10-13(12)2)17-9-8-16-7-3-4-15(16)11-17/h5-6,10,15H,3-4,7-9,11H2,1-2H3. The van der Waals surface area contributed by atoms with Gasteiger partial charge in [0.25, 0.3) is 0 Å². The molecule has 1 atom stereocenters. The van der Waals surface area contributed by atoms with E-state index in [-0.39, 0.29) is 0 Å². The zero-order valence-electron chi connectivity index (χ0n) is 10.9. The molecule has 0 spiro atoms. The van der Waals surface area contributed by atoms with Crippen LogP contribution in [0.25, 0.3) is 0 Å². The summed E-state index contributed by atoms with van der Waals surface area (Å²) in [5.74, 6) is 0. The Kier molecular flexibility index (Phi) is 2.83. The van der Waals surface area contributed by atoms with E-state index in [1.807, 2.05) is 0 Å². The molecule has 0 saturated carbocycles. The van der Waals surface area contributed by atoms with Gasteiger partial charge in [0.2, 0.25) is 0 Å². The Morgan fingerprint density at radius 1 is 1.06 bits per heavy atom. The Labute approximate surface area is 104 Å². The molecule has 3 rings (SSSR count). The Bertz CT molecular complexity index is 413. The van der Waals surface area contributed by atoms with Gasteiger partial charge < -0.3 is 4.90 Å². The topological polar surface area (TPSA) is 6.48 Å². The summed E-state index contributed by atoms with van der Waals surface area (Å²) in [6.45, 7) is 9.39. The third kappa shape index (κ3) is 2.06. The molecule has 0 N–H and O–H groups in total. The van der Waals surface area contributed by atoms with Crippen LogP contribution in [0.5, 0.6) is 0 Å². The number of fused-ring (bicyclic) bond motifs is 1. The van der Waals surface area contributed by atoms with E-state index < -0.39 is 0 Å². The van der Waals surface area contributed by atoms with Crippen molar-refractivity contribution in [2.75, 3.05) is 31.1 Å². The van der Waals surface area contributed by atoms with Gasteiger partial charge in [-0.05, 0) is 56.5 Å². The summed E-state index contributed by atoms with van der Waals surface area (Å²) in [6.07, 6.45) is 2.78. The van der Waals surface area contributed by atoms with E-state index in [9.17, 15) is 0 Å². The highest BCUT2D eigenvalue weighted by Crippen LogP contribution is 2.26. The van der Waals surface area contributed by atoms with Gasteiger partial charge in [-0.1, -0.05) is 6.07 Å². The lowest BCUT2D eigenvalue weighted by Gasteiger charge is -2.39. The summed E-state index contributed by atoms with van der Waals surface area (Å²) in [5, 5.41) is 0. The number of hydrogen-bond donors (Lipinski definition) is 0. The molecule has 1 aromatic carbocycles. The first-order chi connectivity index (χ1) is 8.24. The van der Waals surface area contributed by atoms with E-state index in [0.29, 0.717) is 0 Å². The third-order valence-electron chi connectivity index (χ3n) is 4.44. The predicted molar refractivity (Wildman–Crippen MR) is 72.7 cm³/mol. The molecule has 92 valence electrons. The fourth-order valence-corrected chi connectivity index (χ4v) is 3.15. The molecule has 2 aliphatic heterocycles. The molecule has 2 nitrogen and oxygen atoms in total. The zero-order valence-corrected chi connectivity index (χ0v) is 10.9. The van der Waals surface area contributed by atoms with Gasteiger partial charge in [0, 0.05) is 31.4 Å². The van der Waals surface area contributed by atoms with Gasteiger partial charge in [-0.25, -0.2) is 0 Å². The van der Waals surface area contributed by atoms with E-state index in [1.165, 1.54) is 55.8 Å². The number of hydrogen-bond acceptors (Lipinski definition) is 2. The van der Waals surface area contributed by atoms with E-state index in [1.54, 1.807) is 0 Å². The molecule has 17 heavy (non-hydrogen) atoms. The summed E-state index contributed by atoms with van der Waals surface area (Å²) >= 11 is 0. The lowest BCUT2D eigenvalue weighted by Crippen LogP contribution is -2.50. The van der Waals surface area contributed by atoms with Crippen LogP contribution in [0.2, 0.25) is 0 Å². The summed E-state index contributed by atoms with van der Waals surface area (Å²) in [7, 11) is 0. The molecule has 0 bridgehead atoms. The number of nitrogens with zero attached hydrogens (tertiary/aromatic N) is 2. The van der Waals surface area contributed by atoms with Crippen molar-refractivity contribution in [1.29, 1.82) is 0 Å². The molecule has 1 aromatic rings. The number of rotatable bonds is 1. The van der Waals surface area contributed by atoms with Crippen molar-refractivity contribution in [1.82, 2.24) is 4.90 Å². The lowest BCUT2D eigenvalue weighted by atomic mass is 10.1. The van der Waals surface area contributed by atoms with Crippen molar-refractivity contribution >= 4 is 5.69 Å². The normalized spacial score (nSPS) is 25.1. The summed E-state index contributed by atoms with van der Waals surface area (Å²) in [4.78, 5) is 5.23. The van der Waals surface area contributed by atoms with E-state index in [4.69, 9.17) is 0 Å². The molecule has 0 aliphatic carbocycles. The highest BCUT2D eigenvalue weighted by Gasteiger charge is 2.30. The number of aryl methyl sites for hydroxylation is 2. The van der Waals surface area contributed by atoms with Crippen LogP contribution in [-0.4, -0.2) is 37.1 Å². The van der Waals surface area contributed by atoms with Crippen LogP contribution in [0.15, 0.2) is 18.2 Å². The third-order valence-corrected chi connectivity index (χ3v) is 4.44. The average Bonchev–Trinajstić information content (AvgIpc) is 2.79. The van der Waals surface area contributed by atoms with Gasteiger partial charge in [-0.3, -0.25) is 4.90 Å². The number of anilines is 1. The van der Waals surface area contributed by atoms with Crippen LogP contribution in [0.3, 0.4) is 0 Å². The number of benzene rings is 1. The second kappa shape index (κ2) is 4.34. The molecule has 2 heterocycles. The quantitative estimate of drug-likeness (QED) is 0.731. The molecule has 2 heteroatoms. The van der Waals surface area contributed by atoms with Gasteiger partial charge >= 0.3 is 0 Å². The van der Waals surface area contributed by atoms with Crippen molar-refractivity contribution in [3.8, 4) is 0 Å². The van der Waals surface area contributed by atoms with Gasteiger partial charge in [-0.2, -0.15) is 0 Å². The van der Waals surface area contributed by atoms with Crippen molar-refractivity contribution in [2.45, 2.75) is 32.7 Å². The van der Waals surface area contributed by atoms with Gasteiger partial charge in [0.15, 0.2) is 0 Å². The second-order valence-electron chi connectivity index (χ2n) is 5.55. The Balaban J connectivity index is 1.78. The first kappa shape index (κ1) is 11.1. The molecular weight excluding hydrogens is 208 g/mol. The monoisotopic (exact) mass is 230 g/mol. The minimum absolute atomic E-state index is 0.811. The fraction of sp³-hybridized carbons (Fsp3) is 0.600. The van der Waals surface area contributed by atoms with Gasteiger partial charge in [-0.15, -0.1) is 0 Å². The fourth-order valence-electron chi connectivity index (χ4n) is 3.15. The molecular formula is C15H22N2. The average molecular weight is 230 g/mol. The van der Waals surface area contributed by atoms with Crippen molar-refractivity contribution < 1.29 is 0 Å². The zero-order chi connectivity index (χ0) is 11.8. The second-order valence-corrected chi connectivity index (χ2v) is 5.55. The van der Waals surface area contributed by atoms with Crippen LogP contribution in [0, 0.1) is 13.8 Å².